The Hall–Kier alpha value is -2.69. The molecule has 0 radical (unpaired) electrons. The van der Waals surface area contributed by atoms with Gasteiger partial charge in [-0.05, 0) is 73.5 Å². The van der Waals surface area contributed by atoms with Gasteiger partial charge in [0.1, 0.15) is 5.75 Å². The molecule has 0 saturated carbocycles. The number of aryl methyl sites for hydroxylation is 2. The first kappa shape index (κ1) is 26.9. The summed E-state index contributed by atoms with van der Waals surface area (Å²) in [4.78, 5) is 17.5. The number of hydrogen-bond donors (Lipinski definition) is 2. The number of halogens is 3. The lowest BCUT2D eigenvalue weighted by molar-refractivity contribution is 0.102. The quantitative estimate of drug-likeness (QED) is 0.351. The summed E-state index contributed by atoms with van der Waals surface area (Å²) in [6, 6.07) is 4.72. The van der Waals surface area contributed by atoms with Gasteiger partial charge in [-0.25, -0.2) is 8.42 Å². The summed E-state index contributed by atoms with van der Waals surface area (Å²) < 4.78 is 51.0. The highest BCUT2D eigenvalue weighted by Gasteiger charge is 2.41. The Bertz CT molecular complexity index is 1420. The van der Waals surface area contributed by atoms with Crippen molar-refractivity contribution in [3.8, 4) is 16.9 Å². The molecule has 0 atom stereocenters. The number of nitrogens with zero attached hydrogens (tertiary/aromatic N) is 1. The summed E-state index contributed by atoms with van der Waals surface area (Å²) in [5.74, 6) is -0.934. The van der Waals surface area contributed by atoms with Gasteiger partial charge in [-0.1, -0.05) is 11.6 Å². The third-order valence-corrected chi connectivity index (χ3v) is 8.52. The van der Waals surface area contributed by atoms with E-state index in [1.807, 2.05) is 20.1 Å². The van der Waals surface area contributed by atoms with Crippen molar-refractivity contribution in [3.05, 3.63) is 63.9 Å². The minimum atomic E-state index is -4.94. The third kappa shape index (κ3) is 5.00. The number of nitrogens with one attached hydrogen (secondary N) is 1. The zero-order valence-electron chi connectivity index (χ0n) is 19.5. The van der Waals surface area contributed by atoms with Crippen LogP contribution >= 0.6 is 23.4 Å². The van der Waals surface area contributed by atoms with Gasteiger partial charge < -0.3 is 10.4 Å². The Labute approximate surface area is 211 Å². The molecule has 0 fully saturated rings. The SMILES string of the molecule is CSc1cc(-c2c(C)cncc2C)c(O)c(C(=O)Nc2ccc(S(=O)(=O)C(C)(F)F)cc2Cl)c1C. The molecule has 1 amide bonds. The number of phenols is 1. The molecular weight excluding hydrogens is 518 g/mol. The number of sulfone groups is 1. The van der Waals surface area contributed by atoms with Crippen molar-refractivity contribution in [1.82, 2.24) is 4.98 Å². The average molecular weight is 541 g/mol. The van der Waals surface area contributed by atoms with Crippen LogP contribution in [0.25, 0.3) is 11.1 Å². The van der Waals surface area contributed by atoms with Gasteiger partial charge in [0.2, 0.25) is 9.84 Å². The first-order valence-electron chi connectivity index (χ1n) is 10.3. The van der Waals surface area contributed by atoms with Gasteiger partial charge in [0.25, 0.3) is 5.91 Å². The van der Waals surface area contributed by atoms with Crippen LogP contribution in [0, 0.1) is 20.8 Å². The average Bonchev–Trinajstić information content (AvgIpc) is 2.75. The highest BCUT2D eigenvalue weighted by molar-refractivity contribution is 7.98. The third-order valence-electron chi connectivity index (χ3n) is 5.52. The van der Waals surface area contributed by atoms with Crippen molar-refractivity contribution >= 4 is 44.8 Å². The highest BCUT2D eigenvalue weighted by Crippen LogP contribution is 2.42. The van der Waals surface area contributed by atoms with E-state index in [9.17, 15) is 27.1 Å². The molecule has 1 aromatic heterocycles. The van der Waals surface area contributed by atoms with Crippen LogP contribution in [-0.4, -0.2) is 35.9 Å². The standard InChI is InChI=1S/C24H23ClF2N2O4S2/c1-12-10-28-11-13(2)20(12)16-9-19(34-5)14(3)21(22(16)30)23(31)29-18-7-6-15(8-17(18)25)35(32,33)24(4,26)27/h6-11,30H,1-5H3,(H,29,31). The van der Waals surface area contributed by atoms with Gasteiger partial charge in [0.05, 0.1) is 21.2 Å². The van der Waals surface area contributed by atoms with Crippen molar-refractivity contribution in [2.75, 3.05) is 11.6 Å². The van der Waals surface area contributed by atoms with E-state index in [0.717, 1.165) is 39.8 Å². The van der Waals surface area contributed by atoms with E-state index in [-0.39, 0.29) is 28.9 Å². The molecule has 2 aromatic carbocycles. The van der Waals surface area contributed by atoms with Gasteiger partial charge in [0.15, 0.2) is 0 Å². The number of amides is 1. The predicted octanol–water partition coefficient (Wildman–Crippen LogP) is 6.39. The number of rotatable bonds is 6. The largest absolute Gasteiger partial charge is 0.506 e. The van der Waals surface area contributed by atoms with Gasteiger partial charge >= 0.3 is 5.25 Å². The minimum Gasteiger partial charge on any atom is -0.506 e. The van der Waals surface area contributed by atoms with E-state index >= 15 is 0 Å². The molecular formula is C24H23ClF2N2O4S2. The number of carbonyl (C=O) groups is 1. The number of aromatic nitrogens is 1. The molecule has 1 heterocycles. The van der Waals surface area contributed by atoms with Crippen LogP contribution < -0.4 is 5.32 Å². The number of hydrogen-bond acceptors (Lipinski definition) is 6. The van der Waals surface area contributed by atoms with Gasteiger partial charge in [-0.15, -0.1) is 11.8 Å². The van der Waals surface area contributed by atoms with Crippen LogP contribution in [0.2, 0.25) is 5.02 Å². The molecule has 3 rings (SSSR count). The first-order chi connectivity index (χ1) is 16.2. The topological polar surface area (TPSA) is 96.4 Å². The number of aromatic hydroxyl groups is 1. The number of thioether (sulfide) groups is 1. The van der Waals surface area contributed by atoms with Crippen molar-refractivity contribution in [2.24, 2.45) is 0 Å². The lowest BCUT2D eigenvalue weighted by Crippen LogP contribution is -2.24. The monoisotopic (exact) mass is 540 g/mol. The summed E-state index contributed by atoms with van der Waals surface area (Å²) in [5.41, 5.74) is 3.37. The molecule has 35 heavy (non-hydrogen) atoms. The highest BCUT2D eigenvalue weighted by atomic mass is 35.5. The lowest BCUT2D eigenvalue weighted by Gasteiger charge is -2.19. The molecule has 0 spiro atoms. The molecule has 0 aliphatic heterocycles. The summed E-state index contributed by atoms with van der Waals surface area (Å²) in [5, 5.41) is 9.47. The number of pyridine rings is 1. The molecule has 3 aromatic rings. The van der Waals surface area contributed by atoms with E-state index in [1.54, 1.807) is 25.4 Å². The first-order valence-corrected chi connectivity index (χ1v) is 13.3. The van der Waals surface area contributed by atoms with E-state index in [0.29, 0.717) is 11.1 Å². The van der Waals surface area contributed by atoms with Crippen molar-refractivity contribution < 1.29 is 27.1 Å². The summed E-state index contributed by atoms with van der Waals surface area (Å²) in [6.45, 7) is 5.67. The smallest absolute Gasteiger partial charge is 0.347 e. The summed E-state index contributed by atoms with van der Waals surface area (Å²) in [7, 11) is -4.94. The van der Waals surface area contributed by atoms with E-state index in [4.69, 9.17) is 11.6 Å². The molecule has 11 heteroatoms. The lowest BCUT2D eigenvalue weighted by atomic mass is 9.93. The fourth-order valence-electron chi connectivity index (χ4n) is 3.71. The molecule has 0 aliphatic rings. The second kappa shape index (κ2) is 9.75. The molecule has 6 nitrogen and oxygen atoms in total. The van der Waals surface area contributed by atoms with E-state index < -0.39 is 25.9 Å². The molecule has 0 bridgehead atoms. The second-order valence-electron chi connectivity index (χ2n) is 8.03. The normalized spacial score (nSPS) is 12.0. The maximum Gasteiger partial charge on any atom is 0.347 e. The number of carbonyl (C=O) groups excluding carboxylic acids is 1. The van der Waals surface area contributed by atoms with Gasteiger partial charge in [-0.2, -0.15) is 8.78 Å². The molecule has 0 saturated heterocycles. The predicted molar refractivity (Wildman–Crippen MR) is 135 cm³/mol. The Morgan fingerprint density at radius 3 is 2.26 bits per heavy atom. The van der Waals surface area contributed by atoms with E-state index in [2.05, 4.69) is 10.3 Å². The van der Waals surface area contributed by atoms with Crippen molar-refractivity contribution in [1.29, 1.82) is 0 Å². The number of anilines is 1. The maximum atomic E-state index is 13.5. The van der Waals surface area contributed by atoms with Crippen molar-refractivity contribution in [2.45, 2.75) is 42.7 Å². The Balaban J connectivity index is 2.09. The Morgan fingerprint density at radius 2 is 1.74 bits per heavy atom. The van der Waals surface area contributed by atoms with Gasteiger partial charge in [-0.3, -0.25) is 9.78 Å². The van der Waals surface area contributed by atoms with Crippen LogP contribution in [0.4, 0.5) is 14.5 Å². The molecule has 0 aliphatic carbocycles. The van der Waals surface area contributed by atoms with Crippen LogP contribution in [0.5, 0.6) is 5.75 Å². The Kier molecular flexibility index (Phi) is 7.50. The molecule has 0 unspecified atom stereocenters. The number of phenolic OH excluding ortho intramolecular Hbond substituents is 1. The van der Waals surface area contributed by atoms with Crippen molar-refractivity contribution in [3.63, 3.8) is 0 Å². The van der Waals surface area contributed by atoms with Crippen LogP contribution in [0.1, 0.15) is 34.0 Å². The number of benzene rings is 2. The van der Waals surface area contributed by atoms with Gasteiger partial charge in [0, 0.05) is 29.8 Å². The zero-order valence-corrected chi connectivity index (χ0v) is 21.9. The van der Waals surface area contributed by atoms with E-state index in [1.165, 1.54) is 11.8 Å². The van der Waals surface area contributed by atoms with Crippen LogP contribution in [-0.2, 0) is 9.84 Å². The fraction of sp³-hybridized carbons (Fsp3) is 0.250. The molecule has 186 valence electrons. The van der Waals surface area contributed by atoms with Crippen LogP contribution in [0.15, 0.2) is 46.5 Å². The maximum absolute atomic E-state index is 13.5. The molecule has 2 N–H and O–H groups in total. The summed E-state index contributed by atoms with van der Waals surface area (Å²) >= 11 is 7.53. The fourth-order valence-corrected chi connectivity index (χ4v) is 5.58. The summed E-state index contributed by atoms with van der Waals surface area (Å²) in [6.07, 6.45) is 5.17. The second-order valence-corrected chi connectivity index (χ2v) is 11.5. The minimum absolute atomic E-state index is 0.00112. The number of alkyl halides is 2. The zero-order chi connectivity index (χ0) is 26.3. The van der Waals surface area contributed by atoms with Crippen LogP contribution in [0.3, 0.4) is 0 Å². The Morgan fingerprint density at radius 1 is 1.14 bits per heavy atom.